The summed E-state index contributed by atoms with van der Waals surface area (Å²) in [6.45, 7) is 1.90. The van der Waals surface area contributed by atoms with Gasteiger partial charge in [-0.15, -0.1) is 0 Å². The number of fused-ring (bicyclic) bond motifs is 4. The van der Waals surface area contributed by atoms with Crippen LogP contribution in [-0.4, -0.2) is 20.6 Å². The molecule has 2 aliphatic rings. The van der Waals surface area contributed by atoms with Crippen molar-refractivity contribution in [2.75, 3.05) is 0 Å². The molecular weight excluding hydrogens is 402 g/mol. The van der Waals surface area contributed by atoms with Crippen LogP contribution in [0.3, 0.4) is 0 Å². The summed E-state index contributed by atoms with van der Waals surface area (Å²) in [5.41, 5.74) is 3.01. The number of halogens is 1. The van der Waals surface area contributed by atoms with Crippen LogP contribution < -0.4 is 11.2 Å². The molecule has 0 amide bonds. The molecule has 3 aromatic rings. The van der Waals surface area contributed by atoms with Crippen LogP contribution in [0, 0.1) is 12.8 Å². The molecule has 0 fully saturated rings. The Morgan fingerprint density at radius 2 is 1.63 bits per heavy atom. The van der Waals surface area contributed by atoms with E-state index in [2.05, 4.69) is 4.99 Å². The summed E-state index contributed by atoms with van der Waals surface area (Å²) in [7, 11) is 3.03. The highest BCUT2D eigenvalue weighted by Gasteiger charge is 2.47. The first kappa shape index (κ1) is 18.8. The zero-order valence-electron chi connectivity index (χ0n) is 16.6. The molecule has 30 heavy (non-hydrogen) atoms. The standard InChI is InChI=1S/C23H18ClN3O3/c1-11-8-9-12(10-15(11)24)16-17-19(13-6-4-5-7-14(13)20(17)28)25-21-18(16)22(29)27(3)23(30)26(21)2/h4-10,16-17H,1-3H3. The Bertz CT molecular complexity index is 1410. The first-order chi connectivity index (χ1) is 14.3. The Morgan fingerprint density at radius 1 is 0.933 bits per heavy atom. The van der Waals surface area contributed by atoms with E-state index in [-0.39, 0.29) is 5.78 Å². The molecule has 0 saturated carbocycles. The highest BCUT2D eigenvalue weighted by molar-refractivity contribution is 6.31. The molecule has 2 unspecified atom stereocenters. The maximum Gasteiger partial charge on any atom is 0.332 e. The van der Waals surface area contributed by atoms with Crippen LogP contribution in [0.15, 0.2) is 57.0 Å². The van der Waals surface area contributed by atoms with Crippen molar-refractivity contribution in [1.29, 1.82) is 0 Å². The van der Waals surface area contributed by atoms with E-state index in [1.54, 1.807) is 19.2 Å². The fourth-order valence-corrected chi connectivity index (χ4v) is 4.72. The fraction of sp³-hybridized carbons (Fsp3) is 0.217. The van der Waals surface area contributed by atoms with Crippen LogP contribution in [0.4, 0.5) is 5.82 Å². The number of aryl methyl sites for hydroxylation is 1. The molecule has 0 radical (unpaired) electrons. The van der Waals surface area contributed by atoms with Gasteiger partial charge in [0.2, 0.25) is 0 Å². The third-order valence-electron chi connectivity index (χ3n) is 6.14. The Hall–Kier alpha value is -3.25. The number of nitrogens with zero attached hydrogens (tertiary/aromatic N) is 3. The fourth-order valence-electron chi connectivity index (χ4n) is 4.53. The zero-order valence-corrected chi connectivity index (χ0v) is 17.4. The van der Waals surface area contributed by atoms with Crippen LogP contribution in [0.25, 0.3) is 0 Å². The van der Waals surface area contributed by atoms with E-state index in [1.807, 2.05) is 37.3 Å². The summed E-state index contributed by atoms with van der Waals surface area (Å²) >= 11 is 6.40. The van der Waals surface area contributed by atoms with Gasteiger partial charge in [0.15, 0.2) is 5.78 Å². The lowest BCUT2D eigenvalue weighted by molar-refractivity contribution is 0.0953. The second-order valence-electron chi connectivity index (χ2n) is 7.81. The number of aromatic nitrogens is 2. The van der Waals surface area contributed by atoms with Crippen LogP contribution in [0.1, 0.15) is 38.5 Å². The summed E-state index contributed by atoms with van der Waals surface area (Å²) in [5.74, 6) is -1.01. The van der Waals surface area contributed by atoms with Crippen LogP contribution >= 0.6 is 11.6 Å². The van der Waals surface area contributed by atoms with Crippen molar-refractivity contribution < 1.29 is 4.79 Å². The van der Waals surface area contributed by atoms with Crippen molar-refractivity contribution in [3.05, 3.63) is 96.1 Å². The summed E-state index contributed by atoms with van der Waals surface area (Å²) in [6.07, 6.45) is 0. The average Bonchev–Trinajstić information content (AvgIpc) is 3.03. The van der Waals surface area contributed by atoms with Gasteiger partial charge in [0.1, 0.15) is 5.82 Å². The normalized spacial score (nSPS) is 19.2. The predicted octanol–water partition coefficient (Wildman–Crippen LogP) is 3.12. The summed E-state index contributed by atoms with van der Waals surface area (Å²) in [5, 5.41) is 0.558. The molecule has 2 atom stereocenters. The van der Waals surface area contributed by atoms with Gasteiger partial charge in [-0.3, -0.25) is 18.7 Å². The SMILES string of the molecule is Cc1ccc(C2c3c(n(C)c(=O)n(C)c3=O)N=C3c4ccccc4C(=O)C32)cc1Cl. The lowest BCUT2D eigenvalue weighted by Gasteiger charge is -2.30. The molecular formula is C23H18ClN3O3. The molecule has 6 nitrogen and oxygen atoms in total. The van der Waals surface area contributed by atoms with Crippen molar-refractivity contribution in [3.8, 4) is 0 Å². The van der Waals surface area contributed by atoms with Crippen molar-refractivity contribution >= 4 is 28.9 Å². The van der Waals surface area contributed by atoms with Gasteiger partial charge >= 0.3 is 5.69 Å². The number of ketones is 1. The Kier molecular flexibility index (Phi) is 3.98. The summed E-state index contributed by atoms with van der Waals surface area (Å²) < 4.78 is 2.43. The Balaban J connectivity index is 1.91. The van der Waals surface area contributed by atoms with E-state index in [0.717, 1.165) is 21.3 Å². The van der Waals surface area contributed by atoms with E-state index in [9.17, 15) is 14.4 Å². The number of Topliss-reactive ketones (excluding diaryl/α,β-unsaturated/α-hetero) is 1. The molecule has 0 bridgehead atoms. The quantitative estimate of drug-likeness (QED) is 0.608. The van der Waals surface area contributed by atoms with Crippen LogP contribution in [0.5, 0.6) is 0 Å². The Morgan fingerprint density at radius 3 is 2.33 bits per heavy atom. The van der Waals surface area contributed by atoms with Gasteiger partial charge in [0, 0.05) is 36.2 Å². The smallest absolute Gasteiger partial charge is 0.293 e. The number of rotatable bonds is 1. The van der Waals surface area contributed by atoms with Gasteiger partial charge in [-0.05, 0) is 24.1 Å². The first-order valence-corrected chi connectivity index (χ1v) is 9.97. The summed E-state index contributed by atoms with van der Waals surface area (Å²) in [4.78, 5) is 43.9. The number of hydrogen-bond acceptors (Lipinski definition) is 4. The second kappa shape index (κ2) is 6.37. The monoisotopic (exact) mass is 419 g/mol. The molecule has 150 valence electrons. The maximum atomic E-state index is 13.4. The molecule has 5 rings (SSSR count). The number of aliphatic imine (C=N–C) groups is 1. The molecule has 2 heterocycles. The average molecular weight is 420 g/mol. The molecule has 1 aromatic heterocycles. The number of carbonyl (C=O) groups is 1. The minimum absolute atomic E-state index is 0.0763. The van der Waals surface area contributed by atoms with Gasteiger partial charge in [-0.1, -0.05) is 48.0 Å². The van der Waals surface area contributed by atoms with Gasteiger partial charge in [-0.2, -0.15) is 0 Å². The third-order valence-corrected chi connectivity index (χ3v) is 6.55. The first-order valence-electron chi connectivity index (χ1n) is 9.59. The number of benzene rings is 2. The Labute approximate surface area is 177 Å². The molecule has 0 spiro atoms. The van der Waals surface area contributed by atoms with Gasteiger partial charge in [-0.25, -0.2) is 9.79 Å². The lowest BCUT2D eigenvalue weighted by Crippen LogP contribution is -2.43. The highest BCUT2D eigenvalue weighted by atomic mass is 35.5. The molecule has 7 heteroatoms. The van der Waals surface area contributed by atoms with Crippen LogP contribution in [-0.2, 0) is 14.1 Å². The number of hydrogen-bond donors (Lipinski definition) is 0. The van der Waals surface area contributed by atoms with E-state index in [4.69, 9.17) is 11.6 Å². The van der Waals surface area contributed by atoms with Gasteiger partial charge < -0.3 is 0 Å². The van der Waals surface area contributed by atoms with Gasteiger partial charge in [0.25, 0.3) is 5.56 Å². The molecule has 2 aromatic carbocycles. The van der Waals surface area contributed by atoms with E-state index in [0.29, 0.717) is 27.7 Å². The molecule has 1 aliphatic carbocycles. The van der Waals surface area contributed by atoms with Crippen molar-refractivity contribution in [2.45, 2.75) is 12.8 Å². The predicted molar refractivity (Wildman–Crippen MR) is 115 cm³/mol. The molecule has 0 N–H and O–H groups in total. The van der Waals surface area contributed by atoms with Crippen LogP contribution in [0.2, 0.25) is 5.02 Å². The van der Waals surface area contributed by atoms with Crippen molar-refractivity contribution in [1.82, 2.24) is 9.13 Å². The molecule has 1 aliphatic heterocycles. The van der Waals surface area contributed by atoms with E-state index in [1.165, 1.54) is 11.6 Å². The second-order valence-corrected chi connectivity index (χ2v) is 8.22. The lowest BCUT2D eigenvalue weighted by atomic mass is 9.76. The third kappa shape index (κ3) is 2.37. The maximum absolute atomic E-state index is 13.4. The van der Waals surface area contributed by atoms with E-state index >= 15 is 0 Å². The van der Waals surface area contributed by atoms with Crippen molar-refractivity contribution in [2.24, 2.45) is 25.0 Å². The highest BCUT2D eigenvalue weighted by Crippen LogP contribution is 2.46. The van der Waals surface area contributed by atoms with Crippen molar-refractivity contribution in [3.63, 3.8) is 0 Å². The van der Waals surface area contributed by atoms with E-state index < -0.39 is 23.1 Å². The van der Waals surface area contributed by atoms with Gasteiger partial charge in [0.05, 0.1) is 17.2 Å². The largest absolute Gasteiger partial charge is 0.332 e. The molecule has 0 saturated heterocycles. The topological polar surface area (TPSA) is 73.4 Å². The summed E-state index contributed by atoms with van der Waals surface area (Å²) in [6, 6.07) is 12.9. The minimum Gasteiger partial charge on any atom is -0.293 e. The minimum atomic E-state index is -0.640. The number of carbonyl (C=O) groups excluding carboxylic acids is 1. The zero-order chi connectivity index (χ0) is 21.3.